The highest BCUT2D eigenvalue weighted by Gasteiger charge is 2.31. The van der Waals surface area contributed by atoms with Gasteiger partial charge in [-0.1, -0.05) is 48.5 Å². The van der Waals surface area contributed by atoms with Gasteiger partial charge in [0, 0.05) is 11.3 Å². The van der Waals surface area contributed by atoms with E-state index in [9.17, 15) is 27.6 Å². The van der Waals surface area contributed by atoms with Crippen molar-refractivity contribution in [2.24, 2.45) is 0 Å². The Hall–Kier alpha value is -4.34. The van der Waals surface area contributed by atoms with E-state index in [1.807, 2.05) is 0 Å². The first-order chi connectivity index (χ1) is 16.7. The highest BCUT2D eigenvalue weighted by Crippen LogP contribution is 2.24. The van der Waals surface area contributed by atoms with Crippen LogP contribution in [0, 0.1) is 0 Å². The van der Waals surface area contributed by atoms with E-state index in [0.717, 1.165) is 12.1 Å². The number of hydrogen-bond acceptors (Lipinski definition) is 5. The van der Waals surface area contributed by atoms with Crippen molar-refractivity contribution in [3.05, 3.63) is 96.1 Å². The molecule has 3 aromatic carbocycles. The van der Waals surface area contributed by atoms with Crippen molar-refractivity contribution < 1.29 is 37.0 Å². The molecule has 3 aromatic rings. The quantitative estimate of drug-likeness (QED) is 0.430. The lowest BCUT2D eigenvalue weighted by molar-refractivity contribution is -0.274. The number of benzene rings is 3. The van der Waals surface area contributed by atoms with E-state index >= 15 is 0 Å². The number of esters is 1. The van der Waals surface area contributed by atoms with Crippen LogP contribution in [-0.4, -0.2) is 30.8 Å². The molecule has 35 heavy (non-hydrogen) atoms. The molecule has 0 heterocycles. The number of rotatable bonds is 9. The van der Waals surface area contributed by atoms with Gasteiger partial charge in [0.15, 0.2) is 6.61 Å². The smallest absolute Gasteiger partial charge is 0.455 e. The van der Waals surface area contributed by atoms with E-state index < -0.39 is 36.6 Å². The van der Waals surface area contributed by atoms with Gasteiger partial charge in [0.2, 0.25) is 0 Å². The molecule has 1 unspecified atom stereocenters. The van der Waals surface area contributed by atoms with Gasteiger partial charge >= 0.3 is 12.3 Å². The summed E-state index contributed by atoms with van der Waals surface area (Å²) in [5, 5.41) is 5.20. The van der Waals surface area contributed by atoms with Gasteiger partial charge in [0.1, 0.15) is 5.75 Å². The molecule has 2 amide bonds. The zero-order chi connectivity index (χ0) is 25.3. The maximum atomic E-state index is 12.6. The largest absolute Gasteiger partial charge is 0.573 e. The molecule has 2 N–H and O–H groups in total. The zero-order valence-corrected chi connectivity index (χ0v) is 18.2. The molecule has 0 aromatic heterocycles. The maximum absolute atomic E-state index is 12.6. The molecule has 0 aliphatic heterocycles. The Morgan fingerprint density at radius 2 is 1.43 bits per heavy atom. The van der Waals surface area contributed by atoms with Crippen LogP contribution < -0.4 is 15.4 Å². The molecule has 0 radical (unpaired) electrons. The Morgan fingerprint density at radius 1 is 0.829 bits per heavy atom. The second-order valence-corrected chi connectivity index (χ2v) is 7.29. The van der Waals surface area contributed by atoms with Crippen LogP contribution in [0.2, 0.25) is 0 Å². The summed E-state index contributed by atoms with van der Waals surface area (Å²) in [5.41, 5.74) is 1.30. The number of carbonyl (C=O) groups is 3. The van der Waals surface area contributed by atoms with Gasteiger partial charge in [0.25, 0.3) is 11.8 Å². The summed E-state index contributed by atoms with van der Waals surface area (Å²) in [6.07, 6.45) is -5.05. The monoisotopic (exact) mass is 486 g/mol. The summed E-state index contributed by atoms with van der Waals surface area (Å²) in [7, 11) is 0. The van der Waals surface area contributed by atoms with Crippen molar-refractivity contribution in [3.63, 3.8) is 0 Å². The van der Waals surface area contributed by atoms with Crippen LogP contribution in [0.25, 0.3) is 0 Å². The minimum absolute atomic E-state index is 0.192. The van der Waals surface area contributed by atoms with Gasteiger partial charge in [0.05, 0.1) is 12.5 Å². The number of hydrogen-bond donors (Lipinski definition) is 2. The van der Waals surface area contributed by atoms with Crippen LogP contribution in [0.4, 0.5) is 18.9 Å². The molecule has 0 spiro atoms. The van der Waals surface area contributed by atoms with Crippen LogP contribution in [0.1, 0.15) is 28.4 Å². The van der Waals surface area contributed by atoms with Crippen molar-refractivity contribution in [1.82, 2.24) is 5.32 Å². The highest BCUT2D eigenvalue weighted by atomic mass is 19.4. The Balaban J connectivity index is 1.54. The molecule has 7 nitrogen and oxygen atoms in total. The standard InChI is InChI=1S/C25H21F3N2O5/c26-25(27,28)35-20-13-11-19(12-14-20)29-22(31)16-34-23(32)15-21(17-7-3-1-4-8-17)30-24(33)18-9-5-2-6-10-18/h1-14,21H,15-16H2,(H,29,31)(H,30,33). The summed E-state index contributed by atoms with van der Waals surface area (Å²) in [5.74, 6) is -2.22. The molecule has 3 rings (SSSR count). The van der Waals surface area contributed by atoms with Crippen LogP contribution in [-0.2, 0) is 14.3 Å². The molecule has 0 aliphatic rings. The third-order valence-electron chi connectivity index (χ3n) is 4.65. The molecule has 0 aliphatic carbocycles. The molecule has 0 bridgehead atoms. The fourth-order valence-electron chi connectivity index (χ4n) is 3.08. The highest BCUT2D eigenvalue weighted by molar-refractivity contribution is 5.95. The number of ether oxygens (including phenoxy) is 2. The normalized spacial score (nSPS) is 11.7. The average molecular weight is 486 g/mol. The number of alkyl halides is 3. The molecule has 0 fully saturated rings. The zero-order valence-electron chi connectivity index (χ0n) is 18.2. The van der Waals surface area contributed by atoms with Crippen molar-refractivity contribution in [3.8, 4) is 5.75 Å². The van der Waals surface area contributed by atoms with Crippen LogP contribution >= 0.6 is 0 Å². The summed E-state index contributed by atoms with van der Waals surface area (Å²) in [6, 6.07) is 21.1. The summed E-state index contributed by atoms with van der Waals surface area (Å²) >= 11 is 0. The number of amides is 2. The van der Waals surface area contributed by atoms with Crippen molar-refractivity contribution in [2.45, 2.75) is 18.8 Å². The molecular formula is C25H21F3N2O5. The predicted octanol–water partition coefficient (Wildman–Crippen LogP) is 4.63. The van der Waals surface area contributed by atoms with Crippen LogP contribution in [0.3, 0.4) is 0 Å². The van der Waals surface area contributed by atoms with E-state index in [4.69, 9.17) is 4.74 Å². The first kappa shape index (κ1) is 25.3. The summed E-state index contributed by atoms with van der Waals surface area (Å²) in [4.78, 5) is 37.1. The third kappa shape index (κ3) is 8.50. The van der Waals surface area contributed by atoms with E-state index in [1.165, 1.54) is 12.1 Å². The van der Waals surface area contributed by atoms with E-state index in [1.54, 1.807) is 60.7 Å². The lowest BCUT2D eigenvalue weighted by Crippen LogP contribution is -2.31. The van der Waals surface area contributed by atoms with Crippen LogP contribution in [0.15, 0.2) is 84.9 Å². The Bertz CT molecular complexity index is 1140. The maximum Gasteiger partial charge on any atom is 0.573 e. The molecular weight excluding hydrogens is 465 g/mol. The first-order valence-corrected chi connectivity index (χ1v) is 10.4. The number of carbonyl (C=O) groups excluding carboxylic acids is 3. The minimum atomic E-state index is -4.82. The molecule has 1 atom stereocenters. The molecule has 10 heteroatoms. The van der Waals surface area contributed by atoms with E-state index in [2.05, 4.69) is 15.4 Å². The number of anilines is 1. The fourth-order valence-corrected chi connectivity index (χ4v) is 3.08. The van der Waals surface area contributed by atoms with Crippen molar-refractivity contribution in [1.29, 1.82) is 0 Å². The predicted molar refractivity (Wildman–Crippen MR) is 120 cm³/mol. The van der Waals surface area contributed by atoms with E-state index in [0.29, 0.717) is 11.1 Å². The molecule has 0 saturated heterocycles. The second-order valence-electron chi connectivity index (χ2n) is 7.29. The second kappa shape index (κ2) is 11.7. The lowest BCUT2D eigenvalue weighted by atomic mass is 10.0. The van der Waals surface area contributed by atoms with Crippen LogP contribution in [0.5, 0.6) is 5.75 Å². The van der Waals surface area contributed by atoms with Gasteiger partial charge in [-0.3, -0.25) is 14.4 Å². The van der Waals surface area contributed by atoms with Gasteiger partial charge in [-0.05, 0) is 42.0 Å². The Labute approximate surface area is 198 Å². The Morgan fingerprint density at radius 3 is 2.03 bits per heavy atom. The average Bonchev–Trinajstić information content (AvgIpc) is 2.84. The third-order valence-corrected chi connectivity index (χ3v) is 4.65. The first-order valence-electron chi connectivity index (χ1n) is 10.4. The number of nitrogens with one attached hydrogen (secondary N) is 2. The van der Waals surface area contributed by atoms with E-state index in [-0.39, 0.29) is 18.0 Å². The lowest BCUT2D eigenvalue weighted by Gasteiger charge is -2.19. The fraction of sp³-hybridized carbons (Fsp3) is 0.160. The molecule has 0 saturated carbocycles. The summed E-state index contributed by atoms with van der Waals surface area (Å²) in [6.45, 7) is -0.617. The van der Waals surface area contributed by atoms with Gasteiger partial charge in [-0.15, -0.1) is 13.2 Å². The minimum Gasteiger partial charge on any atom is -0.455 e. The number of halogens is 3. The van der Waals surface area contributed by atoms with Gasteiger partial charge in [-0.2, -0.15) is 0 Å². The van der Waals surface area contributed by atoms with Gasteiger partial charge < -0.3 is 20.1 Å². The topological polar surface area (TPSA) is 93.7 Å². The Kier molecular flexibility index (Phi) is 8.44. The van der Waals surface area contributed by atoms with Crippen molar-refractivity contribution >= 4 is 23.5 Å². The SMILES string of the molecule is O=C(COC(=O)CC(NC(=O)c1ccccc1)c1ccccc1)Nc1ccc(OC(F)(F)F)cc1. The van der Waals surface area contributed by atoms with Gasteiger partial charge in [-0.25, -0.2) is 0 Å². The van der Waals surface area contributed by atoms with Crippen molar-refractivity contribution in [2.75, 3.05) is 11.9 Å². The molecule has 182 valence electrons. The summed E-state index contributed by atoms with van der Waals surface area (Å²) < 4.78 is 45.4.